The van der Waals surface area contributed by atoms with E-state index < -0.39 is 28.8 Å². The normalized spacial score (nSPS) is 11.9. The van der Waals surface area contributed by atoms with Crippen molar-refractivity contribution in [2.45, 2.75) is 25.7 Å². The van der Waals surface area contributed by atoms with E-state index in [9.17, 15) is 19.2 Å². The Morgan fingerprint density at radius 3 is 2.67 bits per heavy atom. The lowest BCUT2D eigenvalue weighted by Crippen LogP contribution is -2.25. The fourth-order valence-corrected chi connectivity index (χ4v) is 3.33. The van der Waals surface area contributed by atoms with Crippen LogP contribution in [0.15, 0.2) is 38.5 Å². The molecule has 0 aliphatic carbocycles. The van der Waals surface area contributed by atoms with Crippen LogP contribution in [0.25, 0.3) is 11.0 Å². The Hall–Kier alpha value is -3.82. The third-order valence-electron chi connectivity index (χ3n) is 4.66. The van der Waals surface area contributed by atoms with Crippen LogP contribution in [0.5, 0.6) is 5.75 Å². The molecule has 0 fully saturated rings. The number of primary amides is 1. The monoisotopic (exact) mass is 415 g/mol. The van der Waals surface area contributed by atoms with Crippen LogP contribution in [0, 0.1) is 0 Å². The first-order valence-corrected chi connectivity index (χ1v) is 9.18. The minimum absolute atomic E-state index is 0.0522. The molecule has 2 heterocycles. The zero-order valence-corrected chi connectivity index (χ0v) is 16.4. The Morgan fingerprint density at radius 1 is 1.23 bits per heavy atom. The molecule has 0 saturated heterocycles. The first-order valence-electron chi connectivity index (χ1n) is 9.18. The third kappa shape index (κ3) is 4.12. The summed E-state index contributed by atoms with van der Waals surface area (Å²) in [6.07, 6.45) is 0.617. The number of methoxy groups -OCH3 is 1. The zero-order valence-electron chi connectivity index (χ0n) is 16.4. The minimum atomic E-state index is -1.02. The van der Waals surface area contributed by atoms with Gasteiger partial charge in [-0.15, -0.1) is 0 Å². The molecule has 3 aromatic rings. The maximum absolute atomic E-state index is 13.2. The van der Waals surface area contributed by atoms with Crippen LogP contribution in [0.2, 0.25) is 0 Å². The number of carbonyl (C=O) groups is 2. The van der Waals surface area contributed by atoms with E-state index in [0.29, 0.717) is 11.3 Å². The smallest absolute Gasteiger partial charge is 0.311 e. The highest BCUT2D eigenvalue weighted by Gasteiger charge is 2.29. The second-order valence-corrected chi connectivity index (χ2v) is 6.56. The van der Waals surface area contributed by atoms with Gasteiger partial charge >= 0.3 is 5.97 Å². The van der Waals surface area contributed by atoms with E-state index in [2.05, 4.69) is 10.2 Å². The average molecular weight is 415 g/mol. The Kier molecular flexibility index (Phi) is 6.05. The molecule has 1 atom stereocenters. The van der Waals surface area contributed by atoms with Crippen molar-refractivity contribution in [3.05, 3.63) is 61.9 Å². The van der Waals surface area contributed by atoms with E-state index in [0.717, 1.165) is 0 Å². The molecular formula is C20H21N3O7. The van der Waals surface area contributed by atoms with Crippen LogP contribution < -0.4 is 21.5 Å². The predicted molar refractivity (Wildman–Crippen MR) is 106 cm³/mol. The molecule has 10 nitrogen and oxygen atoms in total. The van der Waals surface area contributed by atoms with E-state index in [1.165, 1.54) is 19.4 Å². The number of amides is 1. The molecule has 4 N–H and O–H groups in total. The summed E-state index contributed by atoms with van der Waals surface area (Å²) in [5, 5.41) is 5.23. The summed E-state index contributed by atoms with van der Waals surface area (Å²) in [5.41, 5.74) is 5.00. The molecule has 2 aromatic heterocycles. The van der Waals surface area contributed by atoms with Gasteiger partial charge in [0.25, 0.3) is 5.56 Å². The number of nitrogens with two attached hydrogens (primary N) is 1. The Bertz CT molecular complexity index is 1210. The second-order valence-electron chi connectivity index (χ2n) is 6.56. The molecule has 1 amide bonds. The van der Waals surface area contributed by atoms with Crippen LogP contribution in [0.1, 0.15) is 36.1 Å². The van der Waals surface area contributed by atoms with Gasteiger partial charge in [-0.1, -0.05) is 0 Å². The first-order chi connectivity index (χ1) is 14.3. The summed E-state index contributed by atoms with van der Waals surface area (Å²) >= 11 is 0. The quantitative estimate of drug-likeness (QED) is 0.462. The van der Waals surface area contributed by atoms with Gasteiger partial charge in [0.1, 0.15) is 11.3 Å². The lowest BCUT2D eigenvalue weighted by Gasteiger charge is -2.15. The average Bonchev–Trinajstić information content (AvgIpc) is 3.06. The molecule has 30 heavy (non-hydrogen) atoms. The van der Waals surface area contributed by atoms with Crippen molar-refractivity contribution in [3.8, 4) is 5.75 Å². The summed E-state index contributed by atoms with van der Waals surface area (Å²) in [6.45, 7) is 1.83. The molecule has 0 aliphatic heterocycles. The van der Waals surface area contributed by atoms with E-state index >= 15 is 0 Å². The maximum atomic E-state index is 13.2. The largest absolute Gasteiger partial charge is 0.497 e. The summed E-state index contributed by atoms with van der Waals surface area (Å²) in [4.78, 5) is 49.4. The zero-order chi connectivity index (χ0) is 21.8. The highest BCUT2D eigenvalue weighted by molar-refractivity contribution is 5.80. The fourth-order valence-electron chi connectivity index (χ4n) is 3.33. The number of rotatable bonds is 8. The van der Waals surface area contributed by atoms with Crippen molar-refractivity contribution >= 4 is 22.8 Å². The number of nitrogens with one attached hydrogen (secondary N) is 2. The first kappa shape index (κ1) is 20.9. The molecule has 158 valence electrons. The van der Waals surface area contributed by atoms with Crippen molar-refractivity contribution in [2.75, 3.05) is 13.7 Å². The van der Waals surface area contributed by atoms with Gasteiger partial charge in [0.2, 0.25) is 5.91 Å². The summed E-state index contributed by atoms with van der Waals surface area (Å²) in [6, 6.07) is 4.73. The second kappa shape index (κ2) is 8.68. The van der Waals surface area contributed by atoms with Crippen molar-refractivity contribution in [2.24, 2.45) is 5.73 Å². The van der Waals surface area contributed by atoms with E-state index in [-0.39, 0.29) is 41.7 Å². The van der Waals surface area contributed by atoms with Gasteiger partial charge in [0, 0.05) is 23.5 Å². The van der Waals surface area contributed by atoms with Crippen molar-refractivity contribution in [1.82, 2.24) is 10.2 Å². The van der Waals surface area contributed by atoms with E-state index in [1.807, 2.05) is 0 Å². The number of ether oxygens (including phenoxy) is 2. The molecule has 0 aliphatic rings. The SMILES string of the molecule is CCOC(=O)Cc1[nH][nH]c(=O)c1[C@@H](CC(N)=O)c1coc2ccc(OC)cc2c1=O. The van der Waals surface area contributed by atoms with E-state index in [4.69, 9.17) is 19.6 Å². The number of hydrogen-bond acceptors (Lipinski definition) is 7. The maximum Gasteiger partial charge on any atom is 0.311 e. The fraction of sp³-hybridized carbons (Fsp3) is 0.300. The van der Waals surface area contributed by atoms with Crippen LogP contribution in [0.3, 0.4) is 0 Å². The number of esters is 1. The molecule has 0 bridgehead atoms. The highest BCUT2D eigenvalue weighted by atomic mass is 16.5. The predicted octanol–water partition coefficient (Wildman–Crippen LogP) is 0.931. The van der Waals surface area contributed by atoms with Gasteiger partial charge in [0.05, 0.1) is 37.5 Å². The lowest BCUT2D eigenvalue weighted by molar-refractivity contribution is -0.142. The van der Waals surface area contributed by atoms with Crippen molar-refractivity contribution < 1.29 is 23.5 Å². The highest BCUT2D eigenvalue weighted by Crippen LogP contribution is 2.28. The topological polar surface area (TPSA) is 157 Å². The van der Waals surface area contributed by atoms with Gasteiger partial charge in [0.15, 0.2) is 5.43 Å². The number of benzene rings is 1. The summed E-state index contributed by atoms with van der Waals surface area (Å²) in [5.74, 6) is -1.87. The standard InChI is InChI=1S/C20H21N3O7/c1-3-29-17(25)8-14-18(20(27)23-22-14)11(7-16(21)24)13-9-30-15-5-4-10(28-2)6-12(15)19(13)26/h4-6,9,11H,3,7-8H2,1-2H3,(H2,21,24)(H2,22,23,27)/t11-/m0/s1. The van der Waals surface area contributed by atoms with Crippen LogP contribution in [0.4, 0.5) is 0 Å². The lowest BCUT2D eigenvalue weighted by atomic mass is 9.88. The third-order valence-corrected chi connectivity index (χ3v) is 4.66. The number of H-pyrrole nitrogens is 2. The van der Waals surface area contributed by atoms with Gasteiger partial charge < -0.3 is 24.7 Å². The van der Waals surface area contributed by atoms with Crippen LogP contribution in [-0.2, 0) is 20.7 Å². The molecule has 1 aromatic carbocycles. The number of hydrogen-bond donors (Lipinski definition) is 3. The van der Waals surface area contributed by atoms with Gasteiger partial charge in [-0.25, -0.2) is 0 Å². The van der Waals surface area contributed by atoms with E-state index in [1.54, 1.807) is 19.1 Å². The molecule has 10 heteroatoms. The molecule has 0 saturated carbocycles. The Balaban J connectivity index is 2.17. The van der Waals surface area contributed by atoms with Gasteiger partial charge in [-0.2, -0.15) is 0 Å². The molecule has 0 radical (unpaired) electrons. The molecule has 0 spiro atoms. The Morgan fingerprint density at radius 2 is 2.00 bits per heavy atom. The van der Waals surface area contributed by atoms with Gasteiger partial charge in [-0.05, 0) is 25.1 Å². The molecule has 0 unspecified atom stereocenters. The molecule has 3 rings (SSSR count). The summed E-state index contributed by atoms with van der Waals surface area (Å²) in [7, 11) is 1.46. The summed E-state index contributed by atoms with van der Waals surface area (Å²) < 4.78 is 15.6. The number of aromatic amines is 2. The number of carbonyl (C=O) groups excluding carboxylic acids is 2. The van der Waals surface area contributed by atoms with Crippen LogP contribution >= 0.6 is 0 Å². The van der Waals surface area contributed by atoms with Crippen molar-refractivity contribution in [1.29, 1.82) is 0 Å². The van der Waals surface area contributed by atoms with Crippen molar-refractivity contribution in [3.63, 3.8) is 0 Å². The van der Waals surface area contributed by atoms with Gasteiger partial charge in [-0.3, -0.25) is 24.3 Å². The number of fused-ring (bicyclic) bond motifs is 1. The molecular weight excluding hydrogens is 394 g/mol. The minimum Gasteiger partial charge on any atom is -0.497 e. The Labute approximate surface area is 170 Å². The number of aromatic nitrogens is 2. The van der Waals surface area contributed by atoms with Crippen LogP contribution in [-0.4, -0.2) is 35.8 Å².